The molecule has 0 atom stereocenters. The van der Waals surface area contributed by atoms with Crippen molar-refractivity contribution < 1.29 is 9.59 Å². The molecule has 6 heteroatoms. The topological polar surface area (TPSA) is 70.2 Å². The fourth-order valence-electron chi connectivity index (χ4n) is 1.22. The van der Waals surface area contributed by atoms with Gasteiger partial charge in [-0.2, -0.15) is 0 Å². The summed E-state index contributed by atoms with van der Waals surface area (Å²) in [5.74, 6) is -0.221. The summed E-state index contributed by atoms with van der Waals surface area (Å²) in [6, 6.07) is 4.04. The lowest BCUT2D eigenvalue weighted by molar-refractivity contribution is -0.121. The van der Waals surface area contributed by atoms with Crippen LogP contribution in [0, 0.1) is 0 Å². The van der Waals surface area contributed by atoms with E-state index in [1.807, 2.05) is 17.5 Å². The molecule has 0 unspecified atom stereocenters. The molecule has 5 nitrogen and oxygen atoms in total. The highest BCUT2D eigenvalue weighted by Gasteiger charge is 2.02. The van der Waals surface area contributed by atoms with Crippen molar-refractivity contribution in [3.05, 3.63) is 22.4 Å². The van der Waals surface area contributed by atoms with Gasteiger partial charge < -0.3 is 10.6 Å². The molecule has 1 heterocycles. The summed E-state index contributed by atoms with van der Waals surface area (Å²) in [6.07, 6.45) is 0.846. The number of thiophene rings is 1. The standard InChI is InChI=1S/C11H17N3O2S/c1-12-10(15)7-13-8-11(16)14-5-4-9-3-2-6-17-9/h2-3,6,13H,4-5,7-8H2,1H3,(H,12,15)(H,14,16). The number of nitrogens with one attached hydrogen (secondary N) is 3. The third kappa shape index (κ3) is 6.03. The average Bonchev–Trinajstić information content (AvgIpc) is 2.82. The molecule has 0 spiro atoms. The Morgan fingerprint density at radius 2 is 2.06 bits per heavy atom. The summed E-state index contributed by atoms with van der Waals surface area (Å²) in [5.41, 5.74) is 0. The van der Waals surface area contributed by atoms with Crippen molar-refractivity contribution in [2.75, 3.05) is 26.7 Å². The fraction of sp³-hybridized carbons (Fsp3) is 0.455. The van der Waals surface area contributed by atoms with E-state index in [0.29, 0.717) is 6.54 Å². The van der Waals surface area contributed by atoms with Crippen LogP contribution >= 0.6 is 11.3 Å². The van der Waals surface area contributed by atoms with Gasteiger partial charge in [-0.25, -0.2) is 0 Å². The summed E-state index contributed by atoms with van der Waals surface area (Å²) >= 11 is 1.68. The molecule has 17 heavy (non-hydrogen) atoms. The van der Waals surface area contributed by atoms with Crippen molar-refractivity contribution in [3.8, 4) is 0 Å². The van der Waals surface area contributed by atoms with Crippen LogP contribution in [0.2, 0.25) is 0 Å². The third-order valence-electron chi connectivity index (χ3n) is 2.12. The minimum Gasteiger partial charge on any atom is -0.358 e. The van der Waals surface area contributed by atoms with Crippen molar-refractivity contribution in [3.63, 3.8) is 0 Å². The van der Waals surface area contributed by atoms with Crippen molar-refractivity contribution in [1.82, 2.24) is 16.0 Å². The van der Waals surface area contributed by atoms with Crippen molar-refractivity contribution in [2.24, 2.45) is 0 Å². The minimum absolute atomic E-state index is 0.0922. The van der Waals surface area contributed by atoms with Crippen LogP contribution in [0.4, 0.5) is 0 Å². The zero-order valence-electron chi connectivity index (χ0n) is 9.79. The molecule has 0 bridgehead atoms. The van der Waals surface area contributed by atoms with Crippen LogP contribution in [0.1, 0.15) is 4.88 Å². The second-order valence-corrected chi connectivity index (χ2v) is 4.49. The lowest BCUT2D eigenvalue weighted by Crippen LogP contribution is -2.39. The van der Waals surface area contributed by atoms with E-state index in [1.54, 1.807) is 18.4 Å². The fourth-order valence-corrected chi connectivity index (χ4v) is 1.93. The molecule has 2 amide bonds. The Bertz CT molecular complexity index is 352. The number of carbonyl (C=O) groups is 2. The normalized spacial score (nSPS) is 9.94. The monoisotopic (exact) mass is 255 g/mol. The molecule has 0 fully saturated rings. The Morgan fingerprint density at radius 1 is 1.29 bits per heavy atom. The molecule has 0 aliphatic carbocycles. The van der Waals surface area contributed by atoms with Gasteiger partial charge in [-0.1, -0.05) is 6.07 Å². The van der Waals surface area contributed by atoms with Crippen molar-refractivity contribution in [2.45, 2.75) is 6.42 Å². The predicted molar refractivity (Wildman–Crippen MR) is 68.0 cm³/mol. The molecular formula is C11H17N3O2S. The van der Waals surface area contributed by atoms with Crippen LogP contribution in [-0.4, -0.2) is 38.5 Å². The van der Waals surface area contributed by atoms with Gasteiger partial charge in [0.2, 0.25) is 11.8 Å². The minimum atomic E-state index is -0.128. The molecule has 0 saturated carbocycles. The lowest BCUT2D eigenvalue weighted by atomic mass is 10.3. The number of amides is 2. The van der Waals surface area contributed by atoms with Gasteiger partial charge in [-0.15, -0.1) is 11.3 Å². The molecule has 0 saturated heterocycles. The number of hydrogen-bond acceptors (Lipinski definition) is 4. The van der Waals surface area contributed by atoms with Gasteiger partial charge in [0.1, 0.15) is 0 Å². The van der Waals surface area contributed by atoms with Gasteiger partial charge in [-0.05, 0) is 17.9 Å². The van der Waals surface area contributed by atoms with E-state index in [-0.39, 0.29) is 24.9 Å². The van der Waals surface area contributed by atoms with E-state index < -0.39 is 0 Å². The van der Waals surface area contributed by atoms with E-state index >= 15 is 0 Å². The smallest absolute Gasteiger partial charge is 0.233 e. The van der Waals surface area contributed by atoms with E-state index in [1.165, 1.54) is 4.88 Å². The van der Waals surface area contributed by atoms with Gasteiger partial charge in [0.25, 0.3) is 0 Å². The zero-order chi connectivity index (χ0) is 12.5. The Kier molecular flexibility index (Phi) is 6.27. The maximum atomic E-state index is 11.3. The maximum absolute atomic E-state index is 11.3. The van der Waals surface area contributed by atoms with Gasteiger partial charge in [0.15, 0.2) is 0 Å². The first-order chi connectivity index (χ1) is 8.22. The van der Waals surface area contributed by atoms with E-state index in [9.17, 15) is 9.59 Å². The summed E-state index contributed by atoms with van der Waals surface area (Å²) in [6.45, 7) is 0.952. The molecule has 0 aliphatic heterocycles. The van der Waals surface area contributed by atoms with Gasteiger partial charge in [0, 0.05) is 18.5 Å². The number of rotatable bonds is 7. The average molecular weight is 255 g/mol. The highest BCUT2D eigenvalue weighted by Crippen LogP contribution is 2.07. The molecular weight excluding hydrogens is 238 g/mol. The Balaban J connectivity index is 2.03. The first-order valence-corrected chi connectivity index (χ1v) is 6.30. The SMILES string of the molecule is CNC(=O)CNCC(=O)NCCc1cccs1. The largest absolute Gasteiger partial charge is 0.358 e. The van der Waals surface area contributed by atoms with Gasteiger partial charge in [-0.3, -0.25) is 14.9 Å². The third-order valence-corrected chi connectivity index (χ3v) is 3.06. The maximum Gasteiger partial charge on any atom is 0.233 e. The van der Waals surface area contributed by atoms with Crippen molar-refractivity contribution >= 4 is 23.2 Å². The second kappa shape index (κ2) is 7.81. The van der Waals surface area contributed by atoms with E-state index in [2.05, 4.69) is 16.0 Å². The van der Waals surface area contributed by atoms with E-state index in [4.69, 9.17) is 0 Å². The molecule has 1 aromatic heterocycles. The summed E-state index contributed by atoms with van der Waals surface area (Å²) < 4.78 is 0. The number of carbonyl (C=O) groups excluding carboxylic acids is 2. The molecule has 0 aliphatic rings. The Morgan fingerprint density at radius 3 is 2.71 bits per heavy atom. The van der Waals surface area contributed by atoms with Crippen LogP contribution in [0.5, 0.6) is 0 Å². The predicted octanol–water partition coefficient (Wildman–Crippen LogP) is -0.258. The molecule has 94 valence electrons. The van der Waals surface area contributed by atoms with Crippen LogP contribution in [0.15, 0.2) is 17.5 Å². The highest BCUT2D eigenvalue weighted by molar-refractivity contribution is 7.09. The Hall–Kier alpha value is -1.40. The van der Waals surface area contributed by atoms with Crippen LogP contribution in [0.25, 0.3) is 0 Å². The lowest BCUT2D eigenvalue weighted by Gasteiger charge is -2.05. The van der Waals surface area contributed by atoms with E-state index in [0.717, 1.165) is 6.42 Å². The molecule has 3 N–H and O–H groups in total. The van der Waals surface area contributed by atoms with Gasteiger partial charge in [0.05, 0.1) is 13.1 Å². The quantitative estimate of drug-likeness (QED) is 0.629. The molecule has 0 aromatic carbocycles. The number of likely N-dealkylation sites (N-methyl/N-ethyl adjacent to an activating group) is 1. The highest BCUT2D eigenvalue weighted by atomic mass is 32.1. The number of hydrogen-bond donors (Lipinski definition) is 3. The zero-order valence-corrected chi connectivity index (χ0v) is 10.6. The summed E-state index contributed by atoms with van der Waals surface area (Å²) in [4.78, 5) is 23.5. The van der Waals surface area contributed by atoms with Crippen LogP contribution in [0.3, 0.4) is 0 Å². The Labute approximate surface area is 105 Å². The molecule has 1 aromatic rings. The van der Waals surface area contributed by atoms with Crippen molar-refractivity contribution in [1.29, 1.82) is 0 Å². The first kappa shape index (κ1) is 13.7. The van der Waals surface area contributed by atoms with Gasteiger partial charge >= 0.3 is 0 Å². The molecule has 0 radical (unpaired) electrons. The van der Waals surface area contributed by atoms with Crippen LogP contribution < -0.4 is 16.0 Å². The first-order valence-electron chi connectivity index (χ1n) is 5.42. The summed E-state index contributed by atoms with van der Waals surface area (Å²) in [5, 5.41) is 10.0. The molecule has 1 rings (SSSR count). The van der Waals surface area contributed by atoms with Crippen LogP contribution in [-0.2, 0) is 16.0 Å². The second-order valence-electron chi connectivity index (χ2n) is 3.46. The summed E-state index contributed by atoms with van der Waals surface area (Å²) in [7, 11) is 1.56.